The topological polar surface area (TPSA) is 100 Å². The van der Waals surface area contributed by atoms with E-state index in [1.807, 2.05) is 0 Å². The van der Waals surface area contributed by atoms with Crippen LogP contribution in [0.1, 0.15) is 32.6 Å². The van der Waals surface area contributed by atoms with E-state index in [0.717, 1.165) is 19.1 Å². The quantitative estimate of drug-likeness (QED) is 0.0817. The Bertz CT molecular complexity index is 436. The number of carbonyl (C=O) groups is 1. The zero-order valence-corrected chi connectivity index (χ0v) is 21.7. The zero-order valence-electron chi connectivity index (χ0n) is 21.7. The van der Waals surface area contributed by atoms with Gasteiger partial charge in [0.05, 0.1) is 99.1 Å². The molecule has 0 saturated heterocycles. The molecule has 10 nitrogen and oxygen atoms in total. The van der Waals surface area contributed by atoms with E-state index in [1.54, 1.807) is 0 Å². The van der Waals surface area contributed by atoms with Crippen LogP contribution in [-0.2, 0) is 47.4 Å². The first kappa shape index (κ1) is 33.9. The fourth-order valence-electron chi connectivity index (χ4n) is 2.53. The maximum atomic E-state index is 10.8. The predicted molar refractivity (Wildman–Crippen MR) is 132 cm³/mol. The summed E-state index contributed by atoms with van der Waals surface area (Å²) in [5, 5.41) is 0. The molecule has 10 heteroatoms. The molecule has 0 saturated carbocycles. The van der Waals surface area contributed by atoms with Gasteiger partial charge in [0.15, 0.2) is 0 Å². The van der Waals surface area contributed by atoms with Crippen molar-refractivity contribution >= 4 is 5.97 Å². The summed E-state index contributed by atoms with van der Waals surface area (Å²) in [4.78, 5) is 10.8. The van der Waals surface area contributed by atoms with Gasteiger partial charge in [-0.3, -0.25) is 0 Å². The van der Waals surface area contributed by atoms with Gasteiger partial charge >= 0.3 is 5.97 Å². The summed E-state index contributed by atoms with van der Waals surface area (Å²) in [6.45, 7) is 14.2. The second-order valence-corrected chi connectivity index (χ2v) is 7.33. The normalized spacial score (nSPS) is 11.1. The summed E-state index contributed by atoms with van der Waals surface area (Å²) in [6.07, 6.45) is 6.01. The monoisotopic (exact) mass is 508 g/mol. The molecule has 0 aliphatic heterocycles. The largest absolute Gasteiger partial charge is 0.460 e. The summed E-state index contributed by atoms with van der Waals surface area (Å²) < 4.78 is 48.1. The summed E-state index contributed by atoms with van der Waals surface area (Å²) >= 11 is 0. The molecule has 0 bridgehead atoms. The van der Waals surface area contributed by atoms with Crippen LogP contribution >= 0.6 is 0 Å². The Hall–Kier alpha value is -1.11. The molecule has 0 heterocycles. The van der Waals surface area contributed by atoms with E-state index in [4.69, 9.17) is 42.6 Å². The number of hydrogen-bond donors (Lipinski definition) is 0. The first-order valence-electron chi connectivity index (χ1n) is 12.7. The molecule has 0 rings (SSSR count). The van der Waals surface area contributed by atoms with Crippen LogP contribution in [0.2, 0.25) is 0 Å². The number of rotatable bonds is 30. The van der Waals surface area contributed by atoms with Crippen LogP contribution in [0.5, 0.6) is 0 Å². The highest BCUT2D eigenvalue weighted by molar-refractivity contribution is 5.81. The zero-order chi connectivity index (χ0) is 25.5. The van der Waals surface area contributed by atoms with Gasteiger partial charge in [-0.15, -0.1) is 0 Å². The van der Waals surface area contributed by atoms with Crippen molar-refractivity contribution in [3.05, 3.63) is 12.7 Å². The molecule has 0 fully saturated rings. The lowest BCUT2D eigenvalue weighted by atomic mass is 10.2. The molecule has 0 aromatic heterocycles. The highest BCUT2D eigenvalue weighted by atomic mass is 16.6. The smallest absolute Gasteiger partial charge is 0.330 e. The number of ether oxygens (including phenoxy) is 9. The van der Waals surface area contributed by atoms with Crippen LogP contribution in [0.3, 0.4) is 0 Å². The Morgan fingerprint density at radius 3 is 1.11 bits per heavy atom. The Morgan fingerprint density at radius 1 is 0.486 bits per heavy atom. The van der Waals surface area contributed by atoms with E-state index in [2.05, 4.69) is 13.5 Å². The molecule has 0 spiro atoms. The van der Waals surface area contributed by atoms with E-state index in [-0.39, 0.29) is 6.61 Å². The Morgan fingerprint density at radius 2 is 0.800 bits per heavy atom. The standard InChI is InChI=1S/C25H48O10/c1-3-5-6-7-8-27-9-10-28-11-12-29-13-14-30-15-16-31-17-18-32-19-20-33-21-22-34-23-24-35-25(26)4-2/h4H,2-3,5-24H2,1H3. The lowest BCUT2D eigenvalue weighted by Crippen LogP contribution is -2.15. The lowest BCUT2D eigenvalue weighted by Gasteiger charge is -2.08. The molecule has 0 N–H and O–H groups in total. The molecule has 0 atom stereocenters. The van der Waals surface area contributed by atoms with Gasteiger partial charge in [0.25, 0.3) is 0 Å². The fraction of sp³-hybridized carbons (Fsp3) is 0.880. The molecule has 0 unspecified atom stereocenters. The van der Waals surface area contributed by atoms with Crippen LogP contribution < -0.4 is 0 Å². The van der Waals surface area contributed by atoms with Crippen molar-refractivity contribution in [3.8, 4) is 0 Å². The van der Waals surface area contributed by atoms with Crippen molar-refractivity contribution in [3.63, 3.8) is 0 Å². The number of hydrogen-bond acceptors (Lipinski definition) is 10. The average molecular weight is 509 g/mol. The van der Waals surface area contributed by atoms with E-state index < -0.39 is 5.97 Å². The number of esters is 1. The highest BCUT2D eigenvalue weighted by Gasteiger charge is 1.97. The van der Waals surface area contributed by atoms with Gasteiger partial charge in [0.2, 0.25) is 0 Å². The van der Waals surface area contributed by atoms with Gasteiger partial charge in [0, 0.05) is 12.7 Å². The second-order valence-electron chi connectivity index (χ2n) is 7.33. The summed E-state index contributed by atoms with van der Waals surface area (Å²) in [5.74, 6) is -0.453. The van der Waals surface area contributed by atoms with Crippen LogP contribution in [0, 0.1) is 0 Å². The number of unbranched alkanes of at least 4 members (excludes halogenated alkanes) is 3. The average Bonchev–Trinajstić information content (AvgIpc) is 2.87. The molecular weight excluding hydrogens is 460 g/mol. The van der Waals surface area contributed by atoms with Crippen LogP contribution in [0.15, 0.2) is 12.7 Å². The van der Waals surface area contributed by atoms with Gasteiger partial charge in [-0.2, -0.15) is 0 Å². The minimum absolute atomic E-state index is 0.206. The van der Waals surface area contributed by atoms with Crippen LogP contribution in [0.4, 0.5) is 0 Å². The summed E-state index contributed by atoms with van der Waals surface area (Å²) in [5.41, 5.74) is 0. The third-order valence-electron chi connectivity index (χ3n) is 4.38. The summed E-state index contributed by atoms with van der Waals surface area (Å²) in [7, 11) is 0. The Balaban J connectivity index is 3.03. The third kappa shape index (κ3) is 30.9. The van der Waals surface area contributed by atoms with Crippen molar-refractivity contribution in [2.24, 2.45) is 0 Å². The van der Waals surface area contributed by atoms with Crippen LogP contribution in [-0.4, -0.2) is 118 Å². The van der Waals surface area contributed by atoms with E-state index >= 15 is 0 Å². The van der Waals surface area contributed by atoms with Crippen molar-refractivity contribution < 1.29 is 47.4 Å². The van der Waals surface area contributed by atoms with E-state index in [1.165, 1.54) is 19.3 Å². The molecule has 0 aliphatic carbocycles. The second kappa shape index (κ2) is 30.9. The SMILES string of the molecule is C=CC(=O)OCCOCCOCCOCCOCCOCCOCCOCCOCCCCCC. The first-order chi connectivity index (χ1) is 17.3. The molecule has 0 aliphatic rings. The molecule has 208 valence electrons. The maximum absolute atomic E-state index is 10.8. The van der Waals surface area contributed by atoms with Gasteiger partial charge < -0.3 is 42.6 Å². The van der Waals surface area contributed by atoms with Crippen molar-refractivity contribution in [1.29, 1.82) is 0 Å². The molecular formula is C25H48O10. The van der Waals surface area contributed by atoms with Crippen molar-refractivity contribution in [1.82, 2.24) is 0 Å². The first-order valence-corrected chi connectivity index (χ1v) is 12.7. The molecule has 0 aromatic rings. The lowest BCUT2D eigenvalue weighted by molar-refractivity contribution is -0.139. The maximum Gasteiger partial charge on any atom is 0.330 e. The van der Waals surface area contributed by atoms with Crippen molar-refractivity contribution in [2.45, 2.75) is 32.6 Å². The Kier molecular flexibility index (Phi) is 29.9. The number of carbonyl (C=O) groups excluding carboxylic acids is 1. The molecule has 35 heavy (non-hydrogen) atoms. The van der Waals surface area contributed by atoms with Crippen LogP contribution in [0.25, 0.3) is 0 Å². The predicted octanol–water partition coefficient (Wildman–Crippen LogP) is 2.43. The van der Waals surface area contributed by atoms with E-state index in [9.17, 15) is 4.79 Å². The van der Waals surface area contributed by atoms with Gasteiger partial charge in [-0.05, 0) is 6.42 Å². The fourth-order valence-corrected chi connectivity index (χ4v) is 2.53. The molecule has 0 radical (unpaired) electrons. The molecule has 0 amide bonds. The minimum Gasteiger partial charge on any atom is -0.460 e. The minimum atomic E-state index is -0.453. The van der Waals surface area contributed by atoms with Crippen molar-refractivity contribution in [2.75, 3.05) is 112 Å². The highest BCUT2D eigenvalue weighted by Crippen LogP contribution is 1.98. The van der Waals surface area contributed by atoms with Gasteiger partial charge in [-0.25, -0.2) is 4.79 Å². The van der Waals surface area contributed by atoms with E-state index in [0.29, 0.717) is 99.1 Å². The third-order valence-corrected chi connectivity index (χ3v) is 4.38. The molecule has 0 aromatic carbocycles. The van der Waals surface area contributed by atoms with Gasteiger partial charge in [0.1, 0.15) is 6.61 Å². The Labute approximate surface area is 211 Å². The van der Waals surface area contributed by atoms with Gasteiger partial charge in [-0.1, -0.05) is 32.8 Å². The summed E-state index contributed by atoms with van der Waals surface area (Å²) in [6, 6.07) is 0.